The summed E-state index contributed by atoms with van der Waals surface area (Å²) in [5.41, 5.74) is 0.741. The molecule has 0 saturated carbocycles. The first-order chi connectivity index (χ1) is 11.3. The normalized spacial score (nSPS) is 12.5. The van der Waals surface area contributed by atoms with Gasteiger partial charge in [-0.1, -0.05) is 71.2 Å². The molecule has 24 heavy (non-hydrogen) atoms. The number of alkyl halides is 4. The molecule has 0 heterocycles. The molecule has 0 saturated heterocycles. The zero-order valence-corrected chi connectivity index (χ0v) is 15.2. The first kappa shape index (κ1) is 19.0. The second-order valence-electron chi connectivity index (χ2n) is 4.80. The van der Waals surface area contributed by atoms with Gasteiger partial charge in [0.15, 0.2) is 11.8 Å². The van der Waals surface area contributed by atoms with E-state index in [4.69, 9.17) is 47.0 Å². The van der Waals surface area contributed by atoms with Crippen molar-refractivity contribution in [2.75, 3.05) is 12.0 Å². The van der Waals surface area contributed by atoms with Gasteiger partial charge in [-0.05, 0) is 23.7 Å². The van der Waals surface area contributed by atoms with E-state index < -0.39 is 22.5 Å². The summed E-state index contributed by atoms with van der Waals surface area (Å²) < 4.78 is 10.5. The number of hydrogen-bond donors (Lipinski definition) is 3. The molecule has 0 fully saturated rings. The molecule has 4 nitrogen and oxygen atoms in total. The number of carbonyl (C=O) groups excluding carboxylic acids is 1. The highest BCUT2D eigenvalue weighted by molar-refractivity contribution is 7.80. The maximum absolute atomic E-state index is 12.4. The molecule has 1 amide bonds. The van der Waals surface area contributed by atoms with Crippen LogP contribution < -0.4 is 16.0 Å². The summed E-state index contributed by atoms with van der Waals surface area (Å²) in [5.74, 6) is -0.924. The number of thiocarbonyl (C=S) groups is 1. The summed E-state index contributed by atoms with van der Waals surface area (Å²) in [5, 5.41) is 9.93. The second kappa shape index (κ2) is 8.16. The van der Waals surface area contributed by atoms with Crippen LogP contribution in [-0.4, -0.2) is 27.7 Å². The first-order valence-corrected chi connectivity index (χ1v) is 8.33. The zero-order valence-electron chi connectivity index (χ0n) is 12.2. The van der Waals surface area contributed by atoms with Gasteiger partial charge >= 0.3 is 0 Å². The van der Waals surface area contributed by atoms with E-state index in [1.165, 1.54) is 0 Å². The van der Waals surface area contributed by atoms with Crippen LogP contribution >= 0.6 is 47.0 Å². The Hall–Kier alpha value is -1.34. The number of halogens is 4. The Kier molecular flexibility index (Phi) is 6.46. The lowest BCUT2D eigenvalue weighted by Gasteiger charge is -2.27. The Morgan fingerprint density at radius 1 is 1.12 bits per heavy atom. The van der Waals surface area contributed by atoms with Gasteiger partial charge in [0.05, 0.1) is 0 Å². The smallest absolute Gasteiger partial charge is 0.253 e. The lowest BCUT2D eigenvalue weighted by molar-refractivity contribution is -0.122. The van der Waals surface area contributed by atoms with Gasteiger partial charge in [-0.3, -0.25) is 4.79 Å². The molecular formula is C15H13Cl3FN3OS. The molecule has 2 aromatic rings. The molecule has 0 aromatic heterocycles. The minimum atomic E-state index is -1.92. The molecule has 3 N–H and O–H groups in total. The molecule has 0 spiro atoms. The van der Waals surface area contributed by atoms with Crippen molar-refractivity contribution in [1.82, 2.24) is 10.6 Å². The lowest BCUT2D eigenvalue weighted by Crippen LogP contribution is -2.56. The summed E-state index contributed by atoms with van der Waals surface area (Å²) >= 11 is 22.5. The molecule has 0 bridgehead atoms. The molecule has 1 atom stereocenters. The van der Waals surface area contributed by atoms with E-state index in [1.807, 2.05) is 42.5 Å². The molecule has 128 valence electrons. The maximum atomic E-state index is 12.4. The fraction of sp³-hybridized carbons (Fsp3) is 0.200. The monoisotopic (exact) mass is 407 g/mol. The van der Waals surface area contributed by atoms with Crippen molar-refractivity contribution in [3.05, 3.63) is 42.5 Å². The molecule has 0 radical (unpaired) electrons. The minimum Gasteiger partial charge on any atom is -0.339 e. The highest BCUT2D eigenvalue weighted by Gasteiger charge is 2.34. The van der Waals surface area contributed by atoms with Gasteiger partial charge in [0.25, 0.3) is 5.91 Å². The van der Waals surface area contributed by atoms with Crippen molar-refractivity contribution < 1.29 is 9.18 Å². The Morgan fingerprint density at radius 3 is 2.46 bits per heavy atom. The Bertz CT molecular complexity index is 749. The van der Waals surface area contributed by atoms with E-state index >= 15 is 0 Å². The van der Waals surface area contributed by atoms with Gasteiger partial charge in [-0.25, -0.2) is 4.39 Å². The van der Waals surface area contributed by atoms with Crippen molar-refractivity contribution in [2.24, 2.45) is 0 Å². The Balaban J connectivity index is 2.14. The van der Waals surface area contributed by atoms with Crippen LogP contribution in [0.3, 0.4) is 0 Å². The van der Waals surface area contributed by atoms with Crippen molar-refractivity contribution in [3.8, 4) is 0 Å². The fourth-order valence-corrected chi connectivity index (χ4v) is 2.58. The van der Waals surface area contributed by atoms with Gasteiger partial charge in [0.1, 0.15) is 6.17 Å². The summed E-state index contributed by atoms with van der Waals surface area (Å²) in [6, 6.07) is 13.4. The summed E-state index contributed by atoms with van der Waals surface area (Å²) in [7, 11) is 0. The second-order valence-corrected chi connectivity index (χ2v) is 7.58. The van der Waals surface area contributed by atoms with Crippen molar-refractivity contribution in [2.45, 2.75) is 9.96 Å². The zero-order chi connectivity index (χ0) is 17.7. The SMILES string of the molecule is O=C(CF)N[C@@H](NC(=S)Nc1cccc2ccccc12)C(Cl)(Cl)Cl. The third-order valence-electron chi connectivity index (χ3n) is 3.07. The van der Waals surface area contributed by atoms with Crippen LogP contribution in [0, 0.1) is 0 Å². The van der Waals surface area contributed by atoms with Crippen LogP contribution in [0.1, 0.15) is 0 Å². The van der Waals surface area contributed by atoms with E-state index in [9.17, 15) is 9.18 Å². The van der Waals surface area contributed by atoms with Crippen LogP contribution in [0.25, 0.3) is 10.8 Å². The van der Waals surface area contributed by atoms with E-state index in [1.54, 1.807) is 0 Å². The van der Waals surface area contributed by atoms with Gasteiger partial charge in [-0.2, -0.15) is 0 Å². The van der Waals surface area contributed by atoms with Gasteiger partial charge in [-0.15, -0.1) is 0 Å². The number of nitrogens with one attached hydrogen (secondary N) is 3. The number of rotatable bonds is 4. The number of carbonyl (C=O) groups is 1. The minimum absolute atomic E-state index is 0.113. The molecular weight excluding hydrogens is 396 g/mol. The average molecular weight is 409 g/mol. The van der Waals surface area contributed by atoms with Crippen LogP contribution in [0.5, 0.6) is 0 Å². The number of fused-ring (bicyclic) bond motifs is 1. The lowest BCUT2D eigenvalue weighted by atomic mass is 10.1. The average Bonchev–Trinajstić information content (AvgIpc) is 2.53. The first-order valence-electron chi connectivity index (χ1n) is 6.78. The standard InChI is InChI=1S/C15H13Cl3FN3OS/c16-15(17,18)13(21-12(23)8-19)22-14(24)20-11-7-3-5-9-4-1-2-6-10(9)11/h1-7,13H,8H2,(H,21,23)(H2,20,22,24)/t13-/m0/s1. The van der Waals surface area contributed by atoms with Gasteiger partial charge < -0.3 is 16.0 Å². The number of amides is 1. The summed E-state index contributed by atoms with van der Waals surface area (Å²) in [6.07, 6.45) is -1.19. The fourth-order valence-electron chi connectivity index (χ4n) is 2.02. The highest BCUT2D eigenvalue weighted by atomic mass is 35.6. The third-order valence-corrected chi connectivity index (χ3v) is 3.94. The molecule has 2 aromatic carbocycles. The molecule has 0 aliphatic carbocycles. The van der Waals surface area contributed by atoms with Crippen molar-refractivity contribution >= 4 is 74.5 Å². The molecule has 9 heteroatoms. The number of hydrogen-bond acceptors (Lipinski definition) is 2. The summed E-state index contributed by atoms with van der Waals surface area (Å²) in [4.78, 5) is 11.2. The third kappa shape index (κ3) is 5.08. The van der Waals surface area contributed by atoms with E-state index in [-0.39, 0.29) is 5.11 Å². The molecule has 0 unspecified atom stereocenters. The Labute approximate surface area is 158 Å². The predicted molar refractivity (Wildman–Crippen MR) is 102 cm³/mol. The van der Waals surface area contributed by atoms with Crippen LogP contribution in [0.2, 0.25) is 0 Å². The van der Waals surface area contributed by atoms with E-state index in [0.717, 1.165) is 16.5 Å². The molecule has 0 aliphatic rings. The van der Waals surface area contributed by atoms with Crippen molar-refractivity contribution in [1.29, 1.82) is 0 Å². The van der Waals surface area contributed by atoms with Crippen LogP contribution in [0.4, 0.5) is 10.1 Å². The molecule has 2 rings (SSSR count). The number of benzene rings is 2. The van der Waals surface area contributed by atoms with Gasteiger partial charge in [0, 0.05) is 11.1 Å². The quantitative estimate of drug-likeness (QED) is 0.408. The van der Waals surface area contributed by atoms with E-state index in [2.05, 4.69) is 16.0 Å². The Morgan fingerprint density at radius 2 is 1.79 bits per heavy atom. The number of anilines is 1. The highest BCUT2D eigenvalue weighted by Crippen LogP contribution is 2.29. The summed E-state index contributed by atoms with van der Waals surface area (Å²) in [6.45, 7) is -1.23. The molecule has 0 aliphatic heterocycles. The van der Waals surface area contributed by atoms with Crippen molar-refractivity contribution in [3.63, 3.8) is 0 Å². The van der Waals surface area contributed by atoms with Gasteiger partial charge in [0.2, 0.25) is 3.79 Å². The maximum Gasteiger partial charge on any atom is 0.253 e. The topological polar surface area (TPSA) is 53.2 Å². The van der Waals surface area contributed by atoms with E-state index in [0.29, 0.717) is 0 Å². The predicted octanol–water partition coefficient (Wildman–Crippen LogP) is 3.91. The van der Waals surface area contributed by atoms with Crippen LogP contribution in [-0.2, 0) is 4.79 Å². The van der Waals surface area contributed by atoms with Crippen LogP contribution in [0.15, 0.2) is 42.5 Å². The largest absolute Gasteiger partial charge is 0.339 e.